The minimum Gasteiger partial charge on any atom is -0.456 e. The van der Waals surface area contributed by atoms with Crippen molar-refractivity contribution in [2.75, 3.05) is 0 Å². The Morgan fingerprint density at radius 1 is 0.442 bits per heavy atom. The van der Waals surface area contributed by atoms with E-state index in [0.29, 0.717) is 5.82 Å². The second kappa shape index (κ2) is 12.5. The first-order chi connectivity index (χ1) is 25.7. The first kappa shape index (κ1) is 30.0. The van der Waals surface area contributed by atoms with Gasteiger partial charge in [-0.05, 0) is 87.0 Å². The molecule has 1 aliphatic rings. The average Bonchev–Trinajstić information content (AvgIpc) is 3.44. The van der Waals surface area contributed by atoms with Crippen molar-refractivity contribution in [1.82, 2.24) is 9.97 Å². The number of aromatic nitrogens is 2. The lowest BCUT2D eigenvalue weighted by Crippen LogP contribution is -1.99. The maximum absolute atomic E-state index is 6.08. The van der Waals surface area contributed by atoms with Crippen molar-refractivity contribution in [3.63, 3.8) is 0 Å². The van der Waals surface area contributed by atoms with Gasteiger partial charge in [0.25, 0.3) is 0 Å². The van der Waals surface area contributed by atoms with Gasteiger partial charge >= 0.3 is 0 Å². The van der Waals surface area contributed by atoms with Crippen molar-refractivity contribution in [3.05, 3.63) is 193 Å². The van der Waals surface area contributed by atoms with Crippen LogP contribution in [0.15, 0.2) is 180 Å². The second-order valence-electron chi connectivity index (χ2n) is 13.3. The van der Waals surface area contributed by atoms with E-state index < -0.39 is 0 Å². The molecule has 0 N–H and O–H groups in total. The Labute approximate surface area is 301 Å². The molecule has 2 heterocycles. The number of nitrogens with zero attached hydrogens (tertiary/aromatic N) is 2. The van der Waals surface area contributed by atoms with Crippen molar-refractivity contribution in [2.45, 2.75) is 6.42 Å². The summed E-state index contributed by atoms with van der Waals surface area (Å²) < 4.78 is 6.08. The molecule has 7 aromatic carbocycles. The smallest absolute Gasteiger partial charge is 0.160 e. The normalized spacial score (nSPS) is 12.6. The van der Waals surface area contributed by atoms with Crippen LogP contribution in [0, 0.1) is 0 Å². The third-order valence-electron chi connectivity index (χ3n) is 10.1. The first-order valence-corrected chi connectivity index (χ1v) is 17.7. The van der Waals surface area contributed by atoms with Gasteiger partial charge in [-0.25, -0.2) is 9.97 Å². The standard InChI is InChI=1S/C49H32N2O/c1-3-12-32(13-4-1)39-16-7-8-17-41-40(39)19-11-20-42(41)46-31-45(50-49(51-46)33-14-5-2-6-15-33)38-25-24-34-28-35(22-23-36(34)29-38)37-26-27-48-44(30-37)43-18-9-10-21-47(43)52-48/h1-6,8-31H,7H2. The summed E-state index contributed by atoms with van der Waals surface area (Å²) in [5, 5.41) is 4.61. The Balaban J connectivity index is 1.08. The fourth-order valence-corrected chi connectivity index (χ4v) is 7.52. The monoisotopic (exact) mass is 664 g/mol. The average molecular weight is 665 g/mol. The lowest BCUT2D eigenvalue weighted by molar-refractivity contribution is 0.669. The highest BCUT2D eigenvalue weighted by Crippen LogP contribution is 2.38. The van der Waals surface area contributed by atoms with Crippen LogP contribution in [0.4, 0.5) is 0 Å². The van der Waals surface area contributed by atoms with Crippen LogP contribution in [0.1, 0.15) is 23.1 Å². The summed E-state index contributed by atoms with van der Waals surface area (Å²) in [6.45, 7) is 0. The van der Waals surface area contributed by atoms with Crippen LogP contribution in [-0.2, 0) is 0 Å². The number of allylic oxidation sites excluding steroid dienone is 2. The largest absolute Gasteiger partial charge is 0.456 e. The van der Waals surface area contributed by atoms with Crippen LogP contribution < -0.4 is 0 Å². The van der Waals surface area contributed by atoms with Gasteiger partial charge in [0.15, 0.2) is 5.82 Å². The van der Waals surface area contributed by atoms with Crippen molar-refractivity contribution >= 4 is 44.4 Å². The van der Waals surface area contributed by atoms with E-state index in [1.165, 1.54) is 38.8 Å². The maximum atomic E-state index is 6.08. The van der Waals surface area contributed by atoms with E-state index in [9.17, 15) is 0 Å². The quantitative estimate of drug-likeness (QED) is 0.184. The topological polar surface area (TPSA) is 38.9 Å². The van der Waals surface area contributed by atoms with Crippen LogP contribution >= 0.6 is 0 Å². The number of hydrogen-bond acceptors (Lipinski definition) is 3. The van der Waals surface area contributed by atoms with Crippen LogP contribution in [0.3, 0.4) is 0 Å². The van der Waals surface area contributed by atoms with Crippen molar-refractivity contribution < 1.29 is 4.42 Å². The van der Waals surface area contributed by atoms with Crippen LogP contribution in [0.5, 0.6) is 0 Å². The van der Waals surface area contributed by atoms with Gasteiger partial charge in [0, 0.05) is 27.5 Å². The summed E-state index contributed by atoms with van der Waals surface area (Å²) in [5.74, 6) is 0.708. The Hall–Kier alpha value is -6.84. The lowest BCUT2D eigenvalue weighted by atomic mass is 9.90. The molecule has 2 aromatic heterocycles. The minimum absolute atomic E-state index is 0.708. The zero-order valence-corrected chi connectivity index (χ0v) is 28.3. The van der Waals surface area contributed by atoms with Crippen molar-refractivity contribution in [1.29, 1.82) is 0 Å². The predicted octanol–water partition coefficient (Wildman–Crippen LogP) is 13.0. The van der Waals surface area contributed by atoms with Gasteiger partial charge in [-0.1, -0.05) is 146 Å². The Bertz CT molecular complexity index is 2860. The van der Waals surface area contributed by atoms with Gasteiger partial charge in [0.1, 0.15) is 11.2 Å². The fourth-order valence-electron chi connectivity index (χ4n) is 7.52. The van der Waals surface area contributed by atoms with Gasteiger partial charge in [-0.15, -0.1) is 0 Å². The van der Waals surface area contributed by atoms with Gasteiger partial charge in [-0.3, -0.25) is 0 Å². The minimum atomic E-state index is 0.708. The number of furan rings is 1. The Kier molecular flexibility index (Phi) is 7.21. The van der Waals surface area contributed by atoms with E-state index in [0.717, 1.165) is 61.8 Å². The fraction of sp³-hybridized carbons (Fsp3) is 0.0204. The number of benzene rings is 7. The summed E-state index contributed by atoms with van der Waals surface area (Å²) in [7, 11) is 0. The predicted molar refractivity (Wildman–Crippen MR) is 216 cm³/mol. The van der Waals surface area contributed by atoms with E-state index in [-0.39, 0.29) is 0 Å². The second-order valence-corrected chi connectivity index (χ2v) is 13.3. The lowest BCUT2D eigenvalue weighted by Gasteiger charge is -2.16. The molecule has 10 rings (SSSR count). The molecule has 9 aromatic rings. The molecule has 0 atom stereocenters. The molecule has 0 saturated carbocycles. The van der Waals surface area contributed by atoms with E-state index in [1.807, 2.05) is 30.3 Å². The summed E-state index contributed by atoms with van der Waals surface area (Å²) in [5.41, 5.74) is 13.9. The highest BCUT2D eigenvalue weighted by molar-refractivity contribution is 6.06. The zero-order valence-electron chi connectivity index (χ0n) is 28.3. The molecule has 0 spiro atoms. The summed E-state index contributed by atoms with van der Waals surface area (Å²) in [6.07, 6.45) is 7.68. The number of fused-ring (bicyclic) bond motifs is 5. The number of hydrogen-bond donors (Lipinski definition) is 0. The van der Waals surface area contributed by atoms with Crippen molar-refractivity contribution in [2.24, 2.45) is 0 Å². The molecule has 3 nitrogen and oxygen atoms in total. The summed E-state index contributed by atoms with van der Waals surface area (Å²) in [6, 6.07) is 57.6. The molecule has 0 fully saturated rings. The molecular weight excluding hydrogens is 633 g/mol. The van der Waals surface area contributed by atoms with Gasteiger partial charge < -0.3 is 4.42 Å². The SMILES string of the molecule is C1=Cc2c(cccc2-c2cc(-c3ccc4cc(-c5ccc6oc7ccccc7c6c5)ccc4c3)nc(-c3ccccc3)n2)C(c2ccccc2)=CC1. The van der Waals surface area contributed by atoms with Gasteiger partial charge in [0.2, 0.25) is 0 Å². The summed E-state index contributed by atoms with van der Waals surface area (Å²) in [4.78, 5) is 10.4. The third kappa shape index (κ3) is 5.31. The highest BCUT2D eigenvalue weighted by atomic mass is 16.3. The molecule has 1 aliphatic carbocycles. The van der Waals surface area contributed by atoms with E-state index >= 15 is 0 Å². The van der Waals surface area contributed by atoms with Crippen LogP contribution in [0.2, 0.25) is 0 Å². The molecule has 0 saturated heterocycles. The molecule has 0 radical (unpaired) electrons. The van der Waals surface area contributed by atoms with Crippen LogP contribution in [-0.4, -0.2) is 9.97 Å². The molecule has 3 heteroatoms. The van der Waals surface area contributed by atoms with Crippen LogP contribution in [0.25, 0.3) is 89.4 Å². The van der Waals surface area contributed by atoms with Gasteiger partial charge in [0.05, 0.1) is 11.4 Å². The third-order valence-corrected chi connectivity index (χ3v) is 10.1. The molecular formula is C49H32N2O. The van der Waals surface area contributed by atoms with E-state index in [2.05, 4.69) is 152 Å². The summed E-state index contributed by atoms with van der Waals surface area (Å²) >= 11 is 0. The number of para-hydroxylation sites is 1. The molecule has 0 aliphatic heterocycles. The van der Waals surface area contributed by atoms with Gasteiger partial charge in [-0.2, -0.15) is 0 Å². The molecule has 52 heavy (non-hydrogen) atoms. The molecule has 0 bridgehead atoms. The molecule has 244 valence electrons. The van der Waals surface area contributed by atoms with E-state index in [4.69, 9.17) is 14.4 Å². The Morgan fingerprint density at radius 2 is 1.10 bits per heavy atom. The maximum Gasteiger partial charge on any atom is 0.160 e. The zero-order chi connectivity index (χ0) is 34.4. The molecule has 0 unspecified atom stereocenters. The number of rotatable bonds is 5. The van der Waals surface area contributed by atoms with Crippen molar-refractivity contribution in [3.8, 4) is 45.0 Å². The van der Waals surface area contributed by atoms with E-state index in [1.54, 1.807) is 0 Å². The molecule has 0 amide bonds. The Morgan fingerprint density at radius 3 is 1.94 bits per heavy atom. The first-order valence-electron chi connectivity index (χ1n) is 17.7. The highest BCUT2D eigenvalue weighted by Gasteiger charge is 2.18.